The molecular formula is C17H16BrNO4. The highest BCUT2D eigenvalue weighted by Crippen LogP contribution is 2.29. The number of aromatic hydroxyl groups is 1. The number of phenols is 1. The Morgan fingerprint density at radius 1 is 1.13 bits per heavy atom. The molecule has 0 aliphatic heterocycles. The predicted octanol–water partition coefficient (Wildman–Crippen LogP) is 3.57. The maximum absolute atomic E-state index is 12.0. The number of halogens is 1. The number of phenolic OH excluding ortho intramolecular Hbond substituents is 1. The fourth-order valence-corrected chi connectivity index (χ4v) is 2.51. The highest BCUT2D eigenvalue weighted by atomic mass is 79.9. The number of rotatable bonds is 4. The van der Waals surface area contributed by atoms with E-state index in [0.717, 1.165) is 11.1 Å². The van der Waals surface area contributed by atoms with E-state index in [4.69, 9.17) is 4.74 Å². The molecule has 0 aromatic heterocycles. The van der Waals surface area contributed by atoms with Crippen LogP contribution in [0.5, 0.6) is 5.75 Å². The lowest BCUT2D eigenvalue weighted by atomic mass is 10.1. The molecule has 5 nitrogen and oxygen atoms in total. The van der Waals surface area contributed by atoms with E-state index in [-0.39, 0.29) is 11.3 Å². The SMILES string of the molecule is Cc1ccc(NC(=O)COC(=O)c2cc(C)cc(Br)c2O)cc1. The van der Waals surface area contributed by atoms with Gasteiger partial charge in [-0.25, -0.2) is 4.79 Å². The smallest absolute Gasteiger partial charge is 0.342 e. The maximum atomic E-state index is 12.0. The third kappa shape index (κ3) is 4.56. The zero-order valence-electron chi connectivity index (χ0n) is 12.7. The summed E-state index contributed by atoms with van der Waals surface area (Å²) >= 11 is 3.16. The third-order valence-electron chi connectivity index (χ3n) is 3.10. The van der Waals surface area contributed by atoms with Crippen LogP contribution >= 0.6 is 15.9 Å². The molecule has 0 saturated heterocycles. The molecule has 2 rings (SSSR count). The highest BCUT2D eigenvalue weighted by molar-refractivity contribution is 9.10. The van der Waals surface area contributed by atoms with Crippen molar-refractivity contribution in [1.82, 2.24) is 0 Å². The Bertz CT molecular complexity index is 741. The average Bonchev–Trinajstić information content (AvgIpc) is 2.50. The summed E-state index contributed by atoms with van der Waals surface area (Å²) in [6.07, 6.45) is 0. The summed E-state index contributed by atoms with van der Waals surface area (Å²) in [5.41, 5.74) is 2.50. The third-order valence-corrected chi connectivity index (χ3v) is 3.70. The molecule has 120 valence electrons. The lowest BCUT2D eigenvalue weighted by Gasteiger charge is -2.09. The Balaban J connectivity index is 1.96. The summed E-state index contributed by atoms with van der Waals surface area (Å²) in [6, 6.07) is 10.4. The normalized spacial score (nSPS) is 10.2. The number of esters is 1. The van der Waals surface area contributed by atoms with Crippen LogP contribution in [-0.2, 0) is 9.53 Å². The molecule has 0 unspecified atom stereocenters. The summed E-state index contributed by atoms with van der Waals surface area (Å²) in [4.78, 5) is 23.8. The van der Waals surface area contributed by atoms with Crippen LogP contribution in [0.2, 0.25) is 0 Å². The van der Waals surface area contributed by atoms with Gasteiger partial charge in [-0.15, -0.1) is 0 Å². The summed E-state index contributed by atoms with van der Waals surface area (Å²) in [6.45, 7) is 3.29. The zero-order valence-corrected chi connectivity index (χ0v) is 14.3. The van der Waals surface area contributed by atoms with Crippen molar-refractivity contribution in [2.24, 2.45) is 0 Å². The molecule has 0 spiro atoms. The fourth-order valence-electron chi connectivity index (χ4n) is 1.93. The molecule has 1 amide bonds. The van der Waals surface area contributed by atoms with Gasteiger partial charge in [-0.1, -0.05) is 17.7 Å². The van der Waals surface area contributed by atoms with E-state index in [0.29, 0.717) is 10.2 Å². The molecule has 0 aliphatic rings. The number of carbonyl (C=O) groups is 2. The van der Waals surface area contributed by atoms with Gasteiger partial charge in [0.25, 0.3) is 5.91 Å². The first kappa shape index (κ1) is 17.0. The first-order valence-corrected chi connectivity index (χ1v) is 7.69. The molecule has 0 atom stereocenters. The maximum Gasteiger partial charge on any atom is 0.342 e. The lowest BCUT2D eigenvalue weighted by Crippen LogP contribution is -2.21. The van der Waals surface area contributed by atoms with Crippen molar-refractivity contribution in [3.63, 3.8) is 0 Å². The molecule has 2 aromatic rings. The van der Waals surface area contributed by atoms with Crippen LogP contribution in [0.4, 0.5) is 5.69 Å². The second-order valence-electron chi connectivity index (χ2n) is 5.13. The molecule has 0 saturated carbocycles. The Morgan fingerprint density at radius 2 is 1.78 bits per heavy atom. The van der Waals surface area contributed by atoms with Crippen LogP contribution in [-0.4, -0.2) is 23.6 Å². The molecular weight excluding hydrogens is 362 g/mol. The summed E-state index contributed by atoms with van der Waals surface area (Å²) in [7, 11) is 0. The number of hydrogen-bond acceptors (Lipinski definition) is 4. The minimum atomic E-state index is -0.758. The average molecular weight is 378 g/mol. The number of aryl methyl sites for hydroxylation is 2. The van der Waals surface area contributed by atoms with E-state index in [1.165, 1.54) is 6.07 Å². The van der Waals surface area contributed by atoms with Gasteiger partial charge >= 0.3 is 5.97 Å². The van der Waals surface area contributed by atoms with Gasteiger partial charge < -0.3 is 15.2 Å². The highest BCUT2D eigenvalue weighted by Gasteiger charge is 2.17. The number of hydrogen-bond donors (Lipinski definition) is 2. The summed E-state index contributed by atoms with van der Waals surface area (Å²) in [5.74, 6) is -1.42. The van der Waals surface area contributed by atoms with Gasteiger partial charge in [-0.05, 0) is 59.6 Å². The molecule has 2 aromatic carbocycles. The number of nitrogens with one attached hydrogen (secondary N) is 1. The van der Waals surface area contributed by atoms with Gasteiger partial charge in [0, 0.05) is 5.69 Å². The van der Waals surface area contributed by atoms with Gasteiger partial charge in [0.05, 0.1) is 4.47 Å². The monoisotopic (exact) mass is 377 g/mol. The minimum Gasteiger partial charge on any atom is -0.506 e. The van der Waals surface area contributed by atoms with Crippen molar-refractivity contribution < 1.29 is 19.4 Å². The van der Waals surface area contributed by atoms with Crippen molar-refractivity contribution >= 4 is 33.5 Å². The van der Waals surface area contributed by atoms with Crippen molar-refractivity contribution in [1.29, 1.82) is 0 Å². The van der Waals surface area contributed by atoms with Crippen LogP contribution < -0.4 is 5.32 Å². The van der Waals surface area contributed by atoms with Gasteiger partial charge in [-0.3, -0.25) is 4.79 Å². The summed E-state index contributed by atoms with van der Waals surface area (Å²) in [5, 5.41) is 12.5. The first-order chi connectivity index (χ1) is 10.9. The standard InChI is InChI=1S/C17H16BrNO4/c1-10-3-5-12(6-4-10)19-15(20)9-23-17(22)13-7-11(2)8-14(18)16(13)21/h3-8,21H,9H2,1-2H3,(H,19,20). The second kappa shape index (κ2) is 7.28. The first-order valence-electron chi connectivity index (χ1n) is 6.89. The molecule has 0 heterocycles. The zero-order chi connectivity index (χ0) is 17.0. The van der Waals surface area contributed by atoms with Crippen molar-refractivity contribution in [2.75, 3.05) is 11.9 Å². The van der Waals surface area contributed by atoms with Crippen molar-refractivity contribution in [3.8, 4) is 5.75 Å². The summed E-state index contributed by atoms with van der Waals surface area (Å²) < 4.78 is 5.34. The largest absolute Gasteiger partial charge is 0.506 e. The Morgan fingerprint density at radius 3 is 2.43 bits per heavy atom. The van der Waals surface area contributed by atoms with E-state index in [1.54, 1.807) is 25.1 Å². The van der Waals surface area contributed by atoms with Crippen molar-refractivity contribution in [2.45, 2.75) is 13.8 Å². The van der Waals surface area contributed by atoms with Gasteiger partial charge in [-0.2, -0.15) is 0 Å². The van der Waals surface area contributed by atoms with Gasteiger partial charge in [0.2, 0.25) is 0 Å². The second-order valence-corrected chi connectivity index (χ2v) is 5.99. The topological polar surface area (TPSA) is 75.6 Å². The van der Waals surface area contributed by atoms with Gasteiger partial charge in [0.1, 0.15) is 11.3 Å². The molecule has 0 bridgehead atoms. The minimum absolute atomic E-state index is 0.0139. The van der Waals surface area contributed by atoms with Crippen LogP contribution in [0.25, 0.3) is 0 Å². The quantitative estimate of drug-likeness (QED) is 0.798. The van der Waals surface area contributed by atoms with Crippen molar-refractivity contribution in [3.05, 3.63) is 57.6 Å². The predicted molar refractivity (Wildman–Crippen MR) is 90.6 cm³/mol. The molecule has 0 radical (unpaired) electrons. The van der Waals surface area contributed by atoms with Crippen LogP contribution in [0, 0.1) is 13.8 Å². The number of amides is 1. The van der Waals surface area contributed by atoms with E-state index in [1.807, 2.05) is 19.1 Å². The molecule has 0 aliphatic carbocycles. The van der Waals surface area contributed by atoms with E-state index in [2.05, 4.69) is 21.2 Å². The fraction of sp³-hybridized carbons (Fsp3) is 0.176. The van der Waals surface area contributed by atoms with Crippen LogP contribution in [0.3, 0.4) is 0 Å². The Kier molecular flexibility index (Phi) is 5.39. The molecule has 2 N–H and O–H groups in total. The molecule has 23 heavy (non-hydrogen) atoms. The Labute approximate surface area is 142 Å². The number of carbonyl (C=O) groups excluding carboxylic acids is 2. The molecule has 6 heteroatoms. The number of benzene rings is 2. The number of anilines is 1. The van der Waals surface area contributed by atoms with Crippen LogP contribution in [0.1, 0.15) is 21.5 Å². The lowest BCUT2D eigenvalue weighted by molar-refractivity contribution is -0.119. The van der Waals surface area contributed by atoms with E-state index >= 15 is 0 Å². The molecule has 0 fully saturated rings. The van der Waals surface area contributed by atoms with E-state index in [9.17, 15) is 14.7 Å². The van der Waals surface area contributed by atoms with E-state index < -0.39 is 18.5 Å². The number of ether oxygens (including phenoxy) is 1. The Hall–Kier alpha value is -2.34. The van der Waals surface area contributed by atoms with Crippen LogP contribution in [0.15, 0.2) is 40.9 Å². The van der Waals surface area contributed by atoms with Gasteiger partial charge in [0.15, 0.2) is 6.61 Å².